The lowest BCUT2D eigenvalue weighted by molar-refractivity contribution is -0.384. The van der Waals surface area contributed by atoms with Crippen LogP contribution in [0.3, 0.4) is 0 Å². The third kappa shape index (κ3) is 3.46. The van der Waals surface area contributed by atoms with E-state index in [1.54, 1.807) is 6.92 Å². The number of carbonyl (C=O) groups excluding carboxylic acids is 1. The average Bonchev–Trinajstić information content (AvgIpc) is 2.28. The molecule has 0 aliphatic heterocycles. The van der Waals surface area contributed by atoms with Gasteiger partial charge in [-0.15, -0.1) is 0 Å². The Morgan fingerprint density at radius 1 is 1.71 bits per heavy atom. The Morgan fingerprint density at radius 2 is 2.41 bits per heavy atom. The fourth-order valence-electron chi connectivity index (χ4n) is 0.969. The van der Waals surface area contributed by atoms with Gasteiger partial charge in [0.05, 0.1) is 17.1 Å². The van der Waals surface area contributed by atoms with Crippen LogP contribution in [0.2, 0.25) is 0 Å². The second-order valence-electron chi connectivity index (χ2n) is 2.86. The van der Waals surface area contributed by atoms with Crippen LogP contribution in [0.4, 0.5) is 11.5 Å². The number of nitro groups is 1. The molecule has 1 aromatic heterocycles. The van der Waals surface area contributed by atoms with E-state index in [9.17, 15) is 14.9 Å². The van der Waals surface area contributed by atoms with Crippen molar-refractivity contribution in [3.05, 3.63) is 27.9 Å². The van der Waals surface area contributed by atoms with Crippen molar-refractivity contribution in [1.29, 1.82) is 0 Å². The van der Waals surface area contributed by atoms with Gasteiger partial charge in [0.2, 0.25) is 5.82 Å². The molecule has 1 rings (SSSR count). The van der Waals surface area contributed by atoms with Crippen LogP contribution in [0.25, 0.3) is 0 Å². The van der Waals surface area contributed by atoms with Crippen molar-refractivity contribution < 1.29 is 14.5 Å². The first-order valence-corrected chi connectivity index (χ1v) is 4.63. The summed E-state index contributed by atoms with van der Waals surface area (Å²) in [5.74, 6) is 3.68. The summed E-state index contributed by atoms with van der Waals surface area (Å²) in [7, 11) is 0. The third-order valence-electron chi connectivity index (χ3n) is 1.68. The molecule has 0 aliphatic carbocycles. The van der Waals surface area contributed by atoms with E-state index in [2.05, 4.69) is 21.6 Å². The second kappa shape index (κ2) is 5.46. The molecule has 0 aliphatic rings. The van der Waals surface area contributed by atoms with E-state index in [0.29, 0.717) is 0 Å². The number of hydrogen-bond donors (Lipinski definition) is 1. The molecule has 0 saturated heterocycles. The number of hydrogen-bond acceptors (Lipinski definition) is 6. The van der Waals surface area contributed by atoms with Gasteiger partial charge in [-0.05, 0) is 6.92 Å². The van der Waals surface area contributed by atoms with Gasteiger partial charge >= 0.3 is 11.7 Å². The highest BCUT2D eigenvalue weighted by molar-refractivity contribution is 5.89. The van der Waals surface area contributed by atoms with Gasteiger partial charge < -0.3 is 10.5 Å². The van der Waals surface area contributed by atoms with Crippen LogP contribution in [-0.4, -0.2) is 22.5 Å². The summed E-state index contributed by atoms with van der Waals surface area (Å²) in [6.07, 6.45) is 1.24. The second-order valence-corrected chi connectivity index (χ2v) is 2.86. The SMILES string of the molecule is CCOC(=O)C#Cc1cnc(N)c([N+](=O)[O-])c1. The van der Waals surface area contributed by atoms with Crippen molar-refractivity contribution in [2.75, 3.05) is 12.3 Å². The van der Waals surface area contributed by atoms with Crippen molar-refractivity contribution in [2.24, 2.45) is 0 Å². The fraction of sp³-hybridized carbons (Fsp3) is 0.200. The predicted octanol–water partition coefficient (Wildman–Crippen LogP) is 0.487. The minimum absolute atomic E-state index is 0.198. The minimum Gasteiger partial charge on any atom is -0.456 e. The molecule has 0 spiro atoms. The van der Waals surface area contributed by atoms with Crippen LogP contribution >= 0.6 is 0 Å². The number of rotatable bonds is 2. The molecule has 1 aromatic rings. The topological polar surface area (TPSA) is 108 Å². The standard InChI is InChI=1S/C10H9N3O4/c1-2-17-9(14)4-3-7-5-8(13(15)16)10(11)12-6-7/h5-6H,2H2,1H3,(H2,11,12). The van der Waals surface area contributed by atoms with E-state index in [-0.39, 0.29) is 23.7 Å². The summed E-state index contributed by atoms with van der Waals surface area (Å²) in [6.45, 7) is 1.86. The third-order valence-corrected chi connectivity index (χ3v) is 1.68. The van der Waals surface area contributed by atoms with Gasteiger partial charge in [0.1, 0.15) is 0 Å². The molecule has 7 nitrogen and oxygen atoms in total. The smallest absolute Gasteiger partial charge is 0.384 e. The zero-order valence-electron chi connectivity index (χ0n) is 8.97. The Hall–Kier alpha value is -2.62. The molecule has 0 aromatic carbocycles. The number of nitrogens with two attached hydrogens (primary N) is 1. The predicted molar refractivity (Wildman–Crippen MR) is 58.8 cm³/mol. The highest BCUT2D eigenvalue weighted by atomic mass is 16.6. The number of nitrogens with zero attached hydrogens (tertiary/aromatic N) is 2. The summed E-state index contributed by atoms with van der Waals surface area (Å²) < 4.78 is 4.57. The Bertz CT molecular complexity index is 516. The maximum Gasteiger partial charge on any atom is 0.384 e. The molecule has 0 bridgehead atoms. The first-order valence-electron chi connectivity index (χ1n) is 4.63. The number of aromatic nitrogens is 1. The number of ether oxygens (including phenoxy) is 1. The van der Waals surface area contributed by atoms with Crippen LogP contribution < -0.4 is 5.73 Å². The zero-order chi connectivity index (χ0) is 12.8. The molecule has 0 radical (unpaired) electrons. The van der Waals surface area contributed by atoms with Crippen molar-refractivity contribution in [1.82, 2.24) is 4.98 Å². The van der Waals surface area contributed by atoms with Crippen molar-refractivity contribution in [3.8, 4) is 11.8 Å². The number of esters is 1. The summed E-state index contributed by atoms with van der Waals surface area (Å²) in [6, 6.07) is 1.15. The van der Waals surface area contributed by atoms with Crippen LogP contribution in [0.15, 0.2) is 12.3 Å². The van der Waals surface area contributed by atoms with Crippen LogP contribution in [-0.2, 0) is 9.53 Å². The van der Waals surface area contributed by atoms with Gasteiger partial charge in [-0.1, -0.05) is 5.92 Å². The minimum atomic E-state index is -0.702. The molecule has 0 unspecified atom stereocenters. The van der Waals surface area contributed by atoms with Crippen molar-refractivity contribution in [2.45, 2.75) is 6.92 Å². The number of carbonyl (C=O) groups is 1. The van der Waals surface area contributed by atoms with Crippen LogP contribution in [0.5, 0.6) is 0 Å². The van der Waals surface area contributed by atoms with Gasteiger partial charge in [0, 0.05) is 18.2 Å². The Balaban J connectivity index is 2.97. The molecule has 0 amide bonds. The lowest BCUT2D eigenvalue weighted by Crippen LogP contribution is -2.00. The highest BCUT2D eigenvalue weighted by Crippen LogP contribution is 2.18. The quantitative estimate of drug-likeness (QED) is 0.346. The molecule has 88 valence electrons. The summed E-state index contributed by atoms with van der Waals surface area (Å²) in [5, 5.41) is 10.6. The maximum absolute atomic E-state index is 10.9. The lowest BCUT2D eigenvalue weighted by Gasteiger charge is -1.96. The fourth-order valence-corrected chi connectivity index (χ4v) is 0.969. The molecule has 17 heavy (non-hydrogen) atoms. The van der Waals surface area contributed by atoms with E-state index < -0.39 is 10.9 Å². The Labute approximate surface area is 96.7 Å². The lowest BCUT2D eigenvalue weighted by atomic mass is 10.2. The molecule has 0 fully saturated rings. The van der Waals surface area contributed by atoms with Crippen molar-refractivity contribution in [3.63, 3.8) is 0 Å². The van der Waals surface area contributed by atoms with E-state index in [4.69, 9.17) is 5.73 Å². The molecular formula is C10H9N3O4. The number of nitrogen functional groups attached to an aromatic ring is 1. The Kier molecular flexibility index (Phi) is 4.00. The molecule has 0 atom stereocenters. The largest absolute Gasteiger partial charge is 0.456 e. The summed E-state index contributed by atoms with van der Waals surface area (Å²) in [5.41, 5.74) is 5.18. The average molecular weight is 235 g/mol. The van der Waals surface area contributed by atoms with E-state index in [0.717, 1.165) is 6.07 Å². The molecular weight excluding hydrogens is 226 g/mol. The van der Waals surface area contributed by atoms with E-state index >= 15 is 0 Å². The van der Waals surface area contributed by atoms with Gasteiger partial charge in [0.15, 0.2) is 0 Å². The summed E-state index contributed by atoms with van der Waals surface area (Å²) >= 11 is 0. The van der Waals surface area contributed by atoms with Crippen LogP contribution in [0.1, 0.15) is 12.5 Å². The van der Waals surface area contributed by atoms with Gasteiger partial charge in [-0.25, -0.2) is 9.78 Å². The number of pyridine rings is 1. The monoisotopic (exact) mass is 235 g/mol. The highest BCUT2D eigenvalue weighted by Gasteiger charge is 2.12. The molecule has 7 heteroatoms. The van der Waals surface area contributed by atoms with Gasteiger partial charge in [-0.2, -0.15) is 0 Å². The Morgan fingerprint density at radius 3 is 3.00 bits per heavy atom. The van der Waals surface area contributed by atoms with Crippen molar-refractivity contribution >= 4 is 17.5 Å². The van der Waals surface area contributed by atoms with Gasteiger partial charge in [0.25, 0.3) is 0 Å². The van der Waals surface area contributed by atoms with Gasteiger partial charge in [-0.3, -0.25) is 10.1 Å². The van der Waals surface area contributed by atoms with E-state index in [1.807, 2.05) is 0 Å². The molecule has 0 saturated carbocycles. The number of anilines is 1. The zero-order valence-corrected chi connectivity index (χ0v) is 8.97. The first kappa shape index (κ1) is 12.4. The first-order chi connectivity index (χ1) is 8.04. The summed E-state index contributed by atoms with van der Waals surface area (Å²) in [4.78, 5) is 24.4. The van der Waals surface area contributed by atoms with Crippen LogP contribution in [0, 0.1) is 22.0 Å². The normalized spacial score (nSPS) is 9.00. The maximum atomic E-state index is 10.9. The van der Waals surface area contributed by atoms with E-state index in [1.165, 1.54) is 6.20 Å². The molecule has 2 N–H and O–H groups in total. The molecule has 1 heterocycles.